The van der Waals surface area contributed by atoms with Crippen molar-refractivity contribution in [2.45, 2.75) is 51.5 Å². The van der Waals surface area contributed by atoms with Gasteiger partial charge in [-0.2, -0.15) is 0 Å². The summed E-state index contributed by atoms with van der Waals surface area (Å²) in [5.41, 5.74) is 2.80. The summed E-state index contributed by atoms with van der Waals surface area (Å²) < 4.78 is 0. The lowest BCUT2D eigenvalue weighted by Crippen LogP contribution is -2.32. The second kappa shape index (κ2) is 11.5. The van der Waals surface area contributed by atoms with Crippen molar-refractivity contribution in [3.05, 3.63) is 88.7 Å². The number of aliphatic hydroxyl groups is 1. The number of carboxylic acids is 1. The average Bonchev–Trinajstić information content (AvgIpc) is 3.08. The van der Waals surface area contributed by atoms with Gasteiger partial charge < -0.3 is 15.1 Å². The number of aliphatic carboxylic acids is 1. The molecule has 34 heavy (non-hydrogen) atoms. The quantitative estimate of drug-likeness (QED) is 0.344. The maximum atomic E-state index is 13.2. The van der Waals surface area contributed by atoms with Crippen LogP contribution in [0, 0.1) is 0 Å². The summed E-state index contributed by atoms with van der Waals surface area (Å²) in [4.78, 5) is 38.4. The number of amides is 1. The van der Waals surface area contributed by atoms with E-state index in [1.807, 2.05) is 54.6 Å². The van der Waals surface area contributed by atoms with Crippen molar-refractivity contribution in [3.8, 4) is 0 Å². The second-order valence-electron chi connectivity index (χ2n) is 8.80. The molecule has 0 spiro atoms. The number of nitrogens with zero attached hydrogens (tertiary/aromatic N) is 1. The van der Waals surface area contributed by atoms with E-state index in [9.17, 15) is 19.5 Å². The monoisotopic (exact) mass is 461 g/mol. The Bertz CT molecular complexity index is 1080. The highest BCUT2D eigenvalue weighted by Crippen LogP contribution is 2.38. The normalized spacial score (nSPS) is 16.1. The first-order chi connectivity index (χ1) is 16.3. The Morgan fingerprint density at radius 2 is 1.68 bits per heavy atom. The van der Waals surface area contributed by atoms with Crippen LogP contribution in [0.5, 0.6) is 0 Å². The molecule has 2 aromatic rings. The first kappa shape index (κ1) is 25.0. The van der Waals surface area contributed by atoms with Crippen LogP contribution in [0.3, 0.4) is 0 Å². The van der Waals surface area contributed by atoms with Crippen molar-refractivity contribution in [1.82, 2.24) is 4.90 Å². The predicted octanol–water partition coefficient (Wildman–Crippen LogP) is 5.43. The molecule has 3 rings (SSSR count). The second-order valence-corrected chi connectivity index (χ2v) is 8.80. The third kappa shape index (κ3) is 6.01. The molecule has 1 atom stereocenters. The lowest BCUT2D eigenvalue weighted by molar-refractivity contribution is -0.137. The molecule has 0 unspecified atom stereocenters. The lowest BCUT2D eigenvalue weighted by atomic mass is 9.93. The smallest absolute Gasteiger partial charge is 0.303 e. The summed E-state index contributed by atoms with van der Waals surface area (Å²) in [5, 5.41) is 19.5. The summed E-state index contributed by atoms with van der Waals surface area (Å²) >= 11 is 0. The van der Waals surface area contributed by atoms with Gasteiger partial charge in [0.2, 0.25) is 0 Å². The molecule has 0 aromatic heterocycles. The van der Waals surface area contributed by atoms with E-state index in [4.69, 9.17) is 5.11 Å². The molecule has 6 nitrogen and oxygen atoms in total. The number of hydrogen-bond acceptors (Lipinski definition) is 4. The first-order valence-electron chi connectivity index (χ1n) is 11.6. The molecule has 0 radical (unpaired) electrons. The summed E-state index contributed by atoms with van der Waals surface area (Å²) in [6.07, 6.45) is 4.85. The van der Waals surface area contributed by atoms with Gasteiger partial charge in [-0.05, 0) is 41.5 Å². The molecule has 2 aromatic carbocycles. The molecule has 1 amide bonds. The van der Waals surface area contributed by atoms with Gasteiger partial charge in [0, 0.05) is 13.0 Å². The van der Waals surface area contributed by atoms with E-state index in [-0.39, 0.29) is 12.0 Å². The number of benzene rings is 2. The molecular weight excluding hydrogens is 430 g/mol. The van der Waals surface area contributed by atoms with Gasteiger partial charge in [0.05, 0.1) is 11.6 Å². The number of allylic oxidation sites excluding steroid dienone is 1. The third-order valence-corrected chi connectivity index (χ3v) is 6.00. The number of unbranched alkanes of at least 4 members (excludes halogenated alkanes) is 2. The van der Waals surface area contributed by atoms with Crippen molar-refractivity contribution in [3.63, 3.8) is 0 Å². The van der Waals surface area contributed by atoms with Crippen LogP contribution in [-0.4, -0.2) is 39.3 Å². The molecule has 0 saturated carbocycles. The van der Waals surface area contributed by atoms with E-state index in [1.54, 1.807) is 6.08 Å². The van der Waals surface area contributed by atoms with E-state index >= 15 is 0 Å². The van der Waals surface area contributed by atoms with Gasteiger partial charge in [0.1, 0.15) is 0 Å². The Morgan fingerprint density at radius 3 is 2.29 bits per heavy atom. The summed E-state index contributed by atoms with van der Waals surface area (Å²) in [7, 11) is 0. The van der Waals surface area contributed by atoms with E-state index in [0.29, 0.717) is 31.7 Å². The van der Waals surface area contributed by atoms with Gasteiger partial charge >= 0.3 is 5.97 Å². The zero-order valence-corrected chi connectivity index (χ0v) is 19.6. The van der Waals surface area contributed by atoms with Crippen LogP contribution in [0.2, 0.25) is 0 Å². The standard InChI is InChI=1S/C28H31NO5/c1-19(2)21-13-15-22(16-14-21)26-25(23(30)17-12-20-9-5-3-6-10-20)27(33)28(34)29(26)18-8-4-7-11-24(31)32/h3,5-6,9-10,12-17,19,26,33H,4,7-8,11,18H2,1-2H3,(H,31,32)/b17-12+/t26-/m1/s1. The number of aliphatic hydroxyl groups excluding tert-OH is 1. The minimum absolute atomic E-state index is 0.0695. The molecule has 2 N–H and O–H groups in total. The molecule has 0 aliphatic carbocycles. The highest BCUT2D eigenvalue weighted by atomic mass is 16.4. The molecule has 0 fully saturated rings. The van der Waals surface area contributed by atoms with E-state index < -0.39 is 29.5 Å². The topological polar surface area (TPSA) is 94.9 Å². The number of carboxylic acid groups (broad SMARTS) is 1. The number of carbonyl (C=O) groups excluding carboxylic acids is 2. The molecule has 0 bridgehead atoms. The molecular formula is C28H31NO5. The van der Waals surface area contributed by atoms with Crippen LogP contribution in [0.1, 0.15) is 68.2 Å². The van der Waals surface area contributed by atoms with Gasteiger partial charge in [-0.3, -0.25) is 14.4 Å². The molecule has 1 aliphatic heterocycles. The van der Waals surface area contributed by atoms with Gasteiger partial charge in [0.25, 0.3) is 5.91 Å². The molecule has 1 aliphatic rings. The Hall–Kier alpha value is -3.67. The summed E-state index contributed by atoms with van der Waals surface area (Å²) in [5.74, 6) is -2.03. The fraction of sp³-hybridized carbons (Fsp3) is 0.321. The Morgan fingerprint density at radius 1 is 1.00 bits per heavy atom. The van der Waals surface area contributed by atoms with Crippen LogP contribution in [0.15, 0.2) is 72.0 Å². The van der Waals surface area contributed by atoms with Gasteiger partial charge in [-0.1, -0.05) is 80.9 Å². The Balaban J connectivity index is 1.88. The number of ketones is 1. The minimum atomic E-state index is -0.849. The minimum Gasteiger partial charge on any atom is -0.503 e. The molecule has 0 saturated heterocycles. The molecule has 178 valence electrons. The first-order valence-corrected chi connectivity index (χ1v) is 11.6. The fourth-order valence-electron chi connectivity index (χ4n) is 4.11. The third-order valence-electron chi connectivity index (χ3n) is 6.00. The number of rotatable bonds is 11. The van der Waals surface area contributed by atoms with Crippen LogP contribution < -0.4 is 0 Å². The van der Waals surface area contributed by atoms with Crippen LogP contribution in [0.4, 0.5) is 0 Å². The van der Waals surface area contributed by atoms with Crippen LogP contribution >= 0.6 is 0 Å². The van der Waals surface area contributed by atoms with Crippen molar-refractivity contribution in [2.24, 2.45) is 0 Å². The van der Waals surface area contributed by atoms with E-state index in [1.165, 1.54) is 11.0 Å². The average molecular weight is 462 g/mol. The zero-order chi connectivity index (χ0) is 24.7. The van der Waals surface area contributed by atoms with Crippen molar-refractivity contribution in [1.29, 1.82) is 0 Å². The Kier molecular flexibility index (Phi) is 8.41. The van der Waals surface area contributed by atoms with Gasteiger partial charge in [0.15, 0.2) is 11.5 Å². The van der Waals surface area contributed by atoms with Crippen molar-refractivity contribution in [2.75, 3.05) is 6.54 Å². The van der Waals surface area contributed by atoms with Crippen LogP contribution in [-0.2, 0) is 14.4 Å². The zero-order valence-electron chi connectivity index (χ0n) is 19.6. The lowest BCUT2D eigenvalue weighted by Gasteiger charge is -2.27. The maximum Gasteiger partial charge on any atom is 0.303 e. The largest absolute Gasteiger partial charge is 0.503 e. The fourth-order valence-corrected chi connectivity index (χ4v) is 4.11. The molecule has 6 heteroatoms. The summed E-state index contributed by atoms with van der Waals surface area (Å²) in [6, 6.07) is 16.4. The predicted molar refractivity (Wildman–Crippen MR) is 131 cm³/mol. The highest BCUT2D eigenvalue weighted by Gasteiger charge is 2.42. The highest BCUT2D eigenvalue weighted by molar-refractivity contribution is 6.14. The summed E-state index contributed by atoms with van der Waals surface area (Å²) in [6.45, 7) is 4.50. The number of hydrogen-bond donors (Lipinski definition) is 2. The van der Waals surface area contributed by atoms with Crippen molar-refractivity contribution < 1.29 is 24.6 Å². The number of carbonyl (C=O) groups is 3. The molecule has 1 heterocycles. The van der Waals surface area contributed by atoms with Crippen molar-refractivity contribution >= 4 is 23.7 Å². The van der Waals surface area contributed by atoms with Gasteiger partial charge in [-0.15, -0.1) is 0 Å². The Labute approximate surface area is 200 Å². The van der Waals surface area contributed by atoms with E-state index in [0.717, 1.165) is 16.7 Å². The SMILES string of the molecule is CC(C)c1ccc([C@@H]2C(C(=O)/C=C/c3ccccc3)=C(O)C(=O)N2CCCCCC(=O)O)cc1. The maximum absolute atomic E-state index is 13.2. The van der Waals surface area contributed by atoms with Gasteiger partial charge in [-0.25, -0.2) is 0 Å². The van der Waals surface area contributed by atoms with E-state index in [2.05, 4.69) is 13.8 Å². The van der Waals surface area contributed by atoms with Crippen LogP contribution in [0.25, 0.3) is 6.08 Å².